The molecular weight excluding hydrogens is 502 g/mol. The van der Waals surface area contributed by atoms with Crippen molar-refractivity contribution in [1.82, 2.24) is 10.6 Å². The summed E-state index contributed by atoms with van der Waals surface area (Å²) in [7, 11) is 0. The summed E-state index contributed by atoms with van der Waals surface area (Å²) in [5.74, 6) is -0.408. The molecule has 1 amide bonds. The summed E-state index contributed by atoms with van der Waals surface area (Å²) in [5.41, 5.74) is -2.67. The van der Waals surface area contributed by atoms with Gasteiger partial charge in [-0.05, 0) is 72.9 Å². The van der Waals surface area contributed by atoms with E-state index in [1.165, 1.54) is 4.90 Å². The molecular formula is C26H30F6N2OS. The number of thioether (sulfide) groups is 1. The van der Waals surface area contributed by atoms with E-state index in [0.29, 0.717) is 31.5 Å². The average molecular weight is 533 g/mol. The highest BCUT2D eigenvalue weighted by Crippen LogP contribution is 2.45. The maximum atomic E-state index is 13.3. The average Bonchev–Trinajstić information content (AvgIpc) is 3.26. The van der Waals surface area contributed by atoms with Crippen LogP contribution in [-0.2, 0) is 30.2 Å². The van der Waals surface area contributed by atoms with Gasteiger partial charge in [0.2, 0.25) is 5.91 Å². The molecule has 0 radical (unpaired) electrons. The van der Waals surface area contributed by atoms with Crippen molar-refractivity contribution in [1.29, 1.82) is 0 Å². The van der Waals surface area contributed by atoms with E-state index < -0.39 is 35.4 Å². The fourth-order valence-electron chi connectivity index (χ4n) is 4.73. The van der Waals surface area contributed by atoms with E-state index in [0.717, 1.165) is 12.0 Å². The summed E-state index contributed by atoms with van der Waals surface area (Å²) in [6, 6.07) is 9.63. The predicted octanol–water partition coefficient (Wildman–Crippen LogP) is 7.05. The summed E-state index contributed by atoms with van der Waals surface area (Å²) in [5, 5.41) is 6.11. The van der Waals surface area contributed by atoms with Crippen molar-refractivity contribution < 1.29 is 31.1 Å². The van der Waals surface area contributed by atoms with Crippen LogP contribution in [0.2, 0.25) is 0 Å². The van der Waals surface area contributed by atoms with Crippen LogP contribution < -0.4 is 10.6 Å². The molecule has 1 aliphatic rings. The van der Waals surface area contributed by atoms with E-state index in [1.54, 1.807) is 11.8 Å². The second-order valence-electron chi connectivity index (χ2n) is 9.58. The lowest BCUT2D eigenvalue weighted by Crippen LogP contribution is -2.43. The lowest BCUT2D eigenvalue weighted by atomic mass is 9.74. The van der Waals surface area contributed by atoms with Crippen molar-refractivity contribution in [2.24, 2.45) is 11.3 Å². The quantitative estimate of drug-likeness (QED) is 0.283. The number of rotatable bonds is 8. The van der Waals surface area contributed by atoms with Crippen molar-refractivity contribution in [2.45, 2.75) is 69.5 Å². The first kappa shape index (κ1) is 28.4. The van der Waals surface area contributed by atoms with Crippen molar-refractivity contribution in [3.63, 3.8) is 0 Å². The minimum Gasteiger partial charge on any atom is -0.352 e. The van der Waals surface area contributed by atoms with Gasteiger partial charge in [0.25, 0.3) is 0 Å². The van der Waals surface area contributed by atoms with Crippen LogP contribution in [0.4, 0.5) is 26.3 Å². The van der Waals surface area contributed by atoms with Gasteiger partial charge in [-0.25, -0.2) is 0 Å². The van der Waals surface area contributed by atoms with Crippen LogP contribution in [0, 0.1) is 11.3 Å². The number of amides is 1. The highest BCUT2D eigenvalue weighted by atomic mass is 32.2. The van der Waals surface area contributed by atoms with Crippen LogP contribution in [0.1, 0.15) is 55.4 Å². The molecule has 36 heavy (non-hydrogen) atoms. The predicted molar refractivity (Wildman–Crippen MR) is 128 cm³/mol. The van der Waals surface area contributed by atoms with Gasteiger partial charge in [-0.1, -0.05) is 26.0 Å². The van der Waals surface area contributed by atoms with Crippen LogP contribution in [-0.4, -0.2) is 18.2 Å². The summed E-state index contributed by atoms with van der Waals surface area (Å²) >= 11 is 1.66. The molecule has 198 valence electrons. The zero-order valence-corrected chi connectivity index (χ0v) is 21.1. The normalized spacial score (nSPS) is 20.7. The van der Waals surface area contributed by atoms with Crippen LogP contribution in [0.3, 0.4) is 0 Å². The van der Waals surface area contributed by atoms with E-state index in [1.807, 2.05) is 44.4 Å². The highest BCUT2D eigenvalue weighted by molar-refractivity contribution is 7.98. The zero-order valence-electron chi connectivity index (χ0n) is 20.3. The Morgan fingerprint density at radius 2 is 1.56 bits per heavy atom. The third-order valence-corrected chi connectivity index (χ3v) is 7.70. The second-order valence-corrected chi connectivity index (χ2v) is 10.5. The van der Waals surface area contributed by atoms with Crippen molar-refractivity contribution >= 4 is 17.7 Å². The second kappa shape index (κ2) is 11.0. The zero-order chi connectivity index (χ0) is 26.7. The molecule has 10 heteroatoms. The molecule has 0 unspecified atom stereocenters. The molecule has 2 aromatic rings. The third kappa shape index (κ3) is 6.76. The number of carbonyl (C=O) groups excluding carboxylic acids is 1. The molecule has 1 aliphatic carbocycles. The lowest BCUT2D eigenvalue weighted by Gasteiger charge is -2.32. The summed E-state index contributed by atoms with van der Waals surface area (Å²) < 4.78 is 79.0. The summed E-state index contributed by atoms with van der Waals surface area (Å²) in [6.07, 6.45) is -5.99. The summed E-state index contributed by atoms with van der Waals surface area (Å²) in [4.78, 5) is 14.4. The Bertz CT molecular complexity index is 1020. The molecule has 0 bridgehead atoms. The standard InChI is InChI=1S/C26H30F6N2OS/c1-16(2)24(9-8-21(13-24)33-14-17-4-6-22(36-3)7-5-17)23(35)34-15-18-10-19(25(27,28)29)12-20(11-18)26(30,31)32/h4-7,10-12,16,21,33H,8-9,13-15H2,1-3H3,(H,34,35)/t21-,24+/m1/s1. The molecule has 0 aliphatic heterocycles. The van der Waals surface area contributed by atoms with Gasteiger partial charge in [0.15, 0.2) is 0 Å². The Hall–Kier alpha value is -2.20. The van der Waals surface area contributed by atoms with Gasteiger partial charge in [0, 0.05) is 24.0 Å². The van der Waals surface area contributed by atoms with Crippen molar-refractivity contribution in [3.8, 4) is 0 Å². The van der Waals surface area contributed by atoms with Gasteiger partial charge in [0.1, 0.15) is 0 Å². The monoisotopic (exact) mass is 532 g/mol. The minimum absolute atomic E-state index is 0.0580. The van der Waals surface area contributed by atoms with Gasteiger partial charge in [0.05, 0.1) is 16.5 Å². The van der Waals surface area contributed by atoms with Crippen LogP contribution >= 0.6 is 11.8 Å². The van der Waals surface area contributed by atoms with Crippen LogP contribution in [0.5, 0.6) is 0 Å². The van der Waals surface area contributed by atoms with Gasteiger partial charge < -0.3 is 10.6 Å². The highest BCUT2D eigenvalue weighted by Gasteiger charge is 2.47. The van der Waals surface area contributed by atoms with Crippen LogP contribution in [0.25, 0.3) is 0 Å². The molecule has 0 heterocycles. The number of nitrogens with one attached hydrogen (secondary N) is 2. The van der Waals surface area contributed by atoms with E-state index in [4.69, 9.17) is 0 Å². The lowest BCUT2D eigenvalue weighted by molar-refractivity contribution is -0.143. The van der Waals surface area contributed by atoms with Crippen LogP contribution in [0.15, 0.2) is 47.4 Å². The Kier molecular flexibility index (Phi) is 8.70. The molecule has 0 saturated heterocycles. The first-order valence-corrected chi connectivity index (χ1v) is 12.9. The molecule has 0 aromatic heterocycles. The number of hydrogen-bond acceptors (Lipinski definition) is 3. The van der Waals surface area contributed by atoms with E-state index >= 15 is 0 Å². The van der Waals surface area contributed by atoms with E-state index in [2.05, 4.69) is 10.6 Å². The molecule has 1 saturated carbocycles. The molecule has 1 fully saturated rings. The Balaban J connectivity index is 1.68. The molecule has 2 atom stereocenters. The topological polar surface area (TPSA) is 41.1 Å². The third-order valence-electron chi connectivity index (χ3n) is 6.96. The molecule has 2 aromatic carbocycles. The Morgan fingerprint density at radius 1 is 0.972 bits per heavy atom. The molecule has 3 nitrogen and oxygen atoms in total. The SMILES string of the molecule is CSc1ccc(CN[C@@H]2CC[C@@](C(=O)NCc3cc(C(F)(F)F)cc(C(F)(F)F)c3)(C(C)C)C2)cc1. The van der Waals surface area contributed by atoms with Gasteiger partial charge in [-0.2, -0.15) is 26.3 Å². The number of alkyl halides is 6. The first-order chi connectivity index (χ1) is 16.7. The Labute approximate surface area is 211 Å². The fourth-order valence-corrected chi connectivity index (χ4v) is 5.14. The first-order valence-electron chi connectivity index (χ1n) is 11.7. The van der Waals surface area contributed by atoms with E-state index in [-0.39, 0.29) is 29.5 Å². The molecule has 0 spiro atoms. The van der Waals surface area contributed by atoms with Crippen molar-refractivity contribution in [3.05, 3.63) is 64.7 Å². The number of halogens is 6. The number of benzene rings is 2. The van der Waals surface area contributed by atoms with E-state index in [9.17, 15) is 31.1 Å². The maximum Gasteiger partial charge on any atom is 0.416 e. The molecule has 2 N–H and O–H groups in total. The fraction of sp³-hybridized carbons (Fsp3) is 0.500. The smallest absolute Gasteiger partial charge is 0.352 e. The van der Waals surface area contributed by atoms with Gasteiger partial charge in [-0.3, -0.25) is 4.79 Å². The van der Waals surface area contributed by atoms with Gasteiger partial charge >= 0.3 is 12.4 Å². The largest absolute Gasteiger partial charge is 0.416 e. The molecule has 3 rings (SSSR count). The number of carbonyl (C=O) groups is 1. The number of hydrogen-bond donors (Lipinski definition) is 2. The summed E-state index contributed by atoms with van der Waals surface area (Å²) in [6.45, 7) is 4.05. The van der Waals surface area contributed by atoms with Gasteiger partial charge in [-0.15, -0.1) is 11.8 Å². The maximum absolute atomic E-state index is 13.3. The van der Waals surface area contributed by atoms with Crippen molar-refractivity contribution in [2.75, 3.05) is 6.26 Å². The minimum atomic E-state index is -4.93. The Morgan fingerprint density at radius 3 is 2.06 bits per heavy atom.